The number of hydrogen-bond acceptors (Lipinski definition) is 4. The number of methoxy groups -OCH3 is 1. The Labute approximate surface area is 171 Å². The van der Waals surface area contributed by atoms with Gasteiger partial charge in [0.15, 0.2) is 0 Å². The molecule has 0 radical (unpaired) electrons. The van der Waals surface area contributed by atoms with Crippen molar-refractivity contribution in [2.24, 2.45) is 5.92 Å². The second kappa shape index (κ2) is 9.09. The molecule has 2 N–H and O–H groups in total. The predicted octanol–water partition coefficient (Wildman–Crippen LogP) is 2.55. The van der Waals surface area contributed by atoms with E-state index in [0.29, 0.717) is 18.7 Å². The number of aryl methyl sites for hydroxylation is 1. The molecule has 6 heteroatoms. The molecule has 6 nitrogen and oxygen atoms in total. The Balaban J connectivity index is 1.52. The first kappa shape index (κ1) is 20.9. The van der Waals surface area contributed by atoms with Gasteiger partial charge in [-0.1, -0.05) is 36.4 Å². The van der Waals surface area contributed by atoms with E-state index >= 15 is 0 Å². The van der Waals surface area contributed by atoms with Crippen molar-refractivity contribution in [1.82, 2.24) is 5.32 Å². The van der Waals surface area contributed by atoms with E-state index < -0.39 is 11.5 Å². The number of rotatable bonds is 8. The standard InChI is InChI=1S/C23H28N2O4/c1-23(28,12-11-17-7-4-3-5-8-17)16-24-22(27)18-13-21(26)25(15-18)19-9-6-10-20(14-19)29-2/h3-10,14,18,28H,11-13,15-16H2,1-2H3,(H,24,27)/t18-,23+/m0/s1. The van der Waals surface area contributed by atoms with Crippen molar-refractivity contribution in [2.45, 2.75) is 31.8 Å². The van der Waals surface area contributed by atoms with Crippen molar-refractivity contribution in [3.8, 4) is 5.75 Å². The van der Waals surface area contributed by atoms with Gasteiger partial charge in [0.2, 0.25) is 11.8 Å². The molecule has 1 fully saturated rings. The number of benzene rings is 2. The molecule has 29 heavy (non-hydrogen) atoms. The van der Waals surface area contributed by atoms with Crippen LogP contribution < -0.4 is 15.0 Å². The van der Waals surface area contributed by atoms with Crippen molar-refractivity contribution in [2.75, 3.05) is 25.1 Å². The van der Waals surface area contributed by atoms with Gasteiger partial charge in [0.25, 0.3) is 0 Å². The highest BCUT2D eigenvalue weighted by Gasteiger charge is 2.35. The molecule has 2 atom stereocenters. The maximum absolute atomic E-state index is 12.6. The van der Waals surface area contributed by atoms with E-state index in [1.807, 2.05) is 48.5 Å². The van der Waals surface area contributed by atoms with E-state index in [4.69, 9.17) is 4.74 Å². The zero-order valence-corrected chi connectivity index (χ0v) is 16.9. The third-order valence-electron chi connectivity index (χ3n) is 5.30. The van der Waals surface area contributed by atoms with Crippen molar-refractivity contribution in [3.05, 3.63) is 60.2 Å². The predicted molar refractivity (Wildman–Crippen MR) is 112 cm³/mol. The molecule has 2 aromatic carbocycles. The lowest BCUT2D eigenvalue weighted by Gasteiger charge is -2.24. The lowest BCUT2D eigenvalue weighted by atomic mass is 9.96. The SMILES string of the molecule is COc1cccc(N2C[C@@H](C(=O)NC[C@](C)(O)CCc3ccccc3)CC2=O)c1. The summed E-state index contributed by atoms with van der Waals surface area (Å²) in [7, 11) is 1.57. The van der Waals surface area contributed by atoms with Crippen molar-refractivity contribution in [3.63, 3.8) is 0 Å². The summed E-state index contributed by atoms with van der Waals surface area (Å²) in [5.41, 5.74) is 0.856. The van der Waals surface area contributed by atoms with Gasteiger partial charge in [-0.05, 0) is 37.5 Å². The molecule has 2 amide bonds. The molecular weight excluding hydrogens is 368 g/mol. The van der Waals surface area contributed by atoms with Gasteiger partial charge in [0, 0.05) is 31.3 Å². The molecule has 0 aliphatic carbocycles. The van der Waals surface area contributed by atoms with Crippen LogP contribution in [0.3, 0.4) is 0 Å². The first-order chi connectivity index (χ1) is 13.9. The summed E-state index contributed by atoms with van der Waals surface area (Å²) in [6.45, 7) is 2.20. The van der Waals surface area contributed by atoms with Crippen LogP contribution in [0.15, 0.2) is 54.6 Å². The maximum Gasteiger partial charge on any atom is 0.227 e. The summed E-state index contributed by atoms with van der Waals surface area (Å²) in [6.07, 6.45) is 1.43. The van der Waals surface area contributed by atoms with E-state index in [1.165, 1.54) is 0 Å². The molecular formula is C23H28N2O4. The summed E-state index contributed by atoms with van der Waals surface area (Å²) in [6, 6.07) is 17.2. The van der Waals surface area contributed by atoms with Crippen LogP contribution >= 0.6 is 0 Å². The molecule has 1 aliphatic rings. The summed E-state index contributed by atoms with van der Waals surface area (Å²) in [4.78, 5) is 26.6. The quantitative estimate of drug-likeness (QED) is 0.719. The molecule has 154 valence electrons. The number of carbonyl (C=O) groups is 2. The highest BCUT2D eigenvalue weighted by atomic mass is 16.5. The normalized spacial score (nSPS) is 18.4. The molecule has 1 heterocycles. The van der Waals surface area contributed by atoms with E-state index in [1.54, 1.807) is 25.0 Å². The molecule has 0 aromatic heterocycles. The monoisotopic (exact) mass is 396 g/mol. The highest BCUT2D eigenvalue weighted by molar-refractivity contribution is 6.00. The third-order valence-corrected chi connectivity index (χ3v) is 5.30. The molecule has 0 unspecified atom stereocenters. The van der Waals surface area contributed by atoms with Gasteiger partial charge in [-0.2, -0.15) is 0 Å². The zero-order chi connectivity index (χ0) is 20.9. The largest absolute Gasteiger partial charge is 0.497 e. The van der Waals surface area contributed by atoms with E-state index in [2.05, 4.69) is 5.32 Å². The summed E-state index contributed by atoms with van der Waals surface area (Å²) in [5.74, 6) is -0.0609. The first-order valence-corrected chi connectivity index (χ1v) is 9.86. The smallest absolute Gasteiger partial charge is 0.227 e. The van der Waals surface area contributed by atoms with E-state index in [0.717, 1.165) is 17.7 Å². The average molecular weight is 396 g/mol. The Hall–Kier alpha value is -2.86. The molecule has 1 saturated heterocycles. The number of aliphatic hydroxyl groups is 1. The van der Waals surface area contributed by atoms with Crippen LogP contribution in [0.4, 0.5) is 5.69 Å². The zero-order valence-electron chi connectivity index (χ0n) is 16.9. The summed E-state index contributed by atoms with van der Waals surface area (Å²) in [5, 5.41) is 13.4. The van der Waals surface area contributed by atoms with Crippen LogP contribution in [-0.2, 0) is 16.0 Å². The fraction of sp³-hybridized carbons (Fsp3) is 0.391. The molecule has 0 bridgehead atoms. The van der Waals surface area contributed by atoms with Gasteiger partial charge in [0.1, 0.15) is 5.75 Å². The van der Waals surface area contributed by atoms with E-state index in [-0.39, 0.29) is 24.8 Å². The lowest BCUT2D eigenvalue weighted by molar-refractivity contribution is -0.127. The third kappa shape index (κ3) is 5.57. The van der Waals surface area contributed by atoms with Crippen LogP contribution in [0.2, 0.25) is 0 Å². The maximum atomic E-state index is 12.6. The second-order valence-corrected chi connectivity index (χ2v) is 7.81. The van der Waals surface area contributed by atoms with Gasteiger partial charge in [0.05, 0.1) is 18.6 Å². The van der Waals surface area contributed by atoms with Crippen LogP contribution in [0, 0.1) is 5.92 Å². The summed E-state index contributed by atoms with van der Waals surface area (Å²) < 4.78 is 5.21. The topological polar surface area (TPSA) is 78.9 Å². The van der Waals surface area contributed by atoms with Crippen LogP contribution in [0.5, 0.6) is 5.75 Å². The van der Waals surface area contributed by atoms with Gasteiger partial charge < -0.3 is 20.1 Å². The van der Waals surface area contributed by atoms with E-state index in [9.17, 15) is 14.7 Å². The number of nitrogens with zero attached hydrogens (tertiary/aromatic N) is 1. The van der Waals surface area contributed by atoms with Crippen LogP contribution in [0.1, 0.15) is 25.3 Å². The molecule has 2 aromatic rings. The Morgan fingerprint density at radius 2 is 2.00 bits per heavy atom. The number of hydrogen-bond donors (Lipinski definition) is 2. The van der Waals surface area contributed by atoms with Crippen molar-refractivity contribution in [1.29, 1.82) is 0 Å². The van der Waals surface area contributed by atoms with Crippen LogP contribution in [0.25, 0.3) is 0 Å². The first-order valence-electron chi connectivity index (χ1n) is 9.86. The number of carbonyl (C=O) groups excluding carboxylic acids is 2. The average Bonchev–Trinajstić information content (AvgIpc) is 3.13. The van der Waals surface area contributed by atoms with Gasteiger partial charge >= 0.3 is 0 Å². The highest BCUT2D eigenvalue weighted by Crippen LogP contribution is 2.28. The number of amides is 2. The van der Waals surface area contributed by atoms with Crippen molar-refractivity contribution < 1.29 is 19.4 Å². The number of anilines is 1. The molecule has 0 spiro atoms. The molecule has 1 aliphatic heterocycles. The Morgan fingerprint density at radius 3 is 2.72 bits per heavy atom. The van der Waals surface area contributed by atoms with Crippen molar-refractivity contribution >= 4 is 17.5 Å². The molecule has 3 rings (SSSR count). The minimum Gasteiger partial charge on any atom is -0.497 e. The Morgan fingerprint density at radius 1 is 1.24 bits per heavy atom. The number of ether oxygens (including phenoxy) is 1. The lowest BCUT2D eigenvalue weighted by Crippen LogP contribution is -2.43. The Bertz CT molecular complexity index is 851. The fourth-order valence-corrected chi connectivity index (χ4v) is 3.48. The Kier molecular flexibility index (Phi) is 6.54. The van der Waals surface area contributed by atoms with Gasteiger partial charge in [-0.25, -0.2) is 0 Å². The summed E-state index contributed by atoms with van der Waals surface area (Å²) >= 11 is 0. The fourth-order valence-electron chi connectivity index (χ4n) is 3.48. The minimum absolute atomic E-state index is 0.0887. The molecule has 0 saturated carbocycles. The van der Waals surface area contributed by atoms with Crippen LogP contribution in [-0.4, -0.2) is 42.7 Å². The van der Waals surface area contributed by atoms with Gasteiger partial charge in [-0.3, -0.25) is 9.59 Å². The number of nitrogens with one attached hydrogen (secondary N) is 1. The minimum atomic E-state index is -1.01. The second-order valence-electron chi connectivity index (χ2n) is 7.81. The van der Waals surface area contributed by atoms with Gasteiger partial charge in [-0.15, -0.1) is 0 Å².